The summed E-state index contributed by atoms with van der Waals surface area (Å²) < 4.78 is 39.4. The predicted octanol–water partition coefficient (Wildman–Crippen LogP) is 6.56. The van der Waals surface area contributed by atoms with Gasteiger partial charge in [0.05, 0.1) is 41.2 Å². The van der Waals surface area contributed by atoms with Crippen LogP contribution >= 0.6 is 0 Å². The molecule has 0 radical (unpaired) electrons. The Morgan fingerprint density at radius 2 is 1.15 bits per heavy atom. The number of hydrogen-bond acceptors (Lipinski definition) is 13. The number of likely N-dealkylation sites (tertiary alicyclic amines) is 2. The number of phenolic OH excluding ortho intramolecular Hbond substituents is 1. The zero-order valence-electron chi connectivity index (χ0n) is 39.8. The molecule has 68 heavy (non-hydrogen) atoms. The first-order chi connectivity index (χ1) is 33.0. The summed E-state index contributed by atoms with van der Waals surface area (Å²) in [6.45, 7) is 2.06. The molecule has 13 rings (SSSR count). The fraction of sp³-hybridized carbons (Fsp3) is 0.436. The van der Waals surface area contributed by atoms with E-state index in [-0.39, 0.29) is 28.8 Å². The number of nitrogens with zero attached hydrogens (tertiary/aromatic N) is 3. The van der Waals surface area contributed by atoms with Gasteiger partial charge >= 0.3 is 0 Å². The molecule has 8 aliphatic rings. The number of rotatable bonds is 7. The van der Waals surface area contributed by atoms with Crippen LogP contribution in [0.25, 0.3) is 10.8 Å². The van der Waals surface area contributed by atoms with E-state index in [1.54, 1.807) is 41.6 Å². The lowest BCUT2D eigenvalue weighted by Crippen LogP contribution is -2.64. The molecule has 2 saturated heterocycles. The summed E-state index contributed by atoms with van der Waals surface area (Å²) in [7, 11) is 12.6. The van der Waals surface area contributed by atoms with Gasteiger partial charge in [0.2, 0.25) is 0 Å². The van der Waals surface area contributed by atoms with Crippen molar-refractivity contribution in [3.8, 4) is 46.0 Å². The maximum atomic E-state index is 10.6. The van der Waals surface area contributed by atoms with Crippen LogP contribution in [0.2, 0.25) is 0 Å². The van der Waals surface area contributed by atoms with Crippen molar-refractivity contribution in [2.45, 2.75) is 79.4 Å². The van der Waals surface area contributed by atoms with Crippen LogP contribution in [0.3, 0.4) is 0 Å². The van der Waals surface area contributed by atoms with Gasteiger partial charge < -0.3 is 58.3 Å². The number of benzene rings is 4. The molecule has 10 atom stereocenters. The Kier molecular flexibility index (Phi) is 11.1. The van der Waals surface area contributed by atoms with E-state index in [9.17, 15) is 15.3 Å². The first-order valence-corrected chi connectivity index (χ1v) is 23.7. The fourth-order valence-electron chi connectivity index (χ4n) is 13.5. The average Bonchev–Trinajstić information content (AvgIpc) is 3.91. The van der Waals surface area contributed by atoms with Gasteiger partial charge in [0.25, 0.3) is 0 Å². The average molecular weight is 924 g/mol. The van der Waals surface area contributed by atoms with E-state index in [0.29, 0.717) is 59.1 Å². The summed E-state index contributed by atoms with van der Waals surface area (Å²) in [5, 5.41) is 33.3. The van der Waals surface area contributed by atoms with Gasteiger partial charge in [0.15, 0.2) is 46.0 Å². The third-order valence-electron chi connectivity index (χ3n) is 16.7. The molecule has 4 aliphatic carbocycles. The quantitative estimate of drug-likeness (QED) is 0.152. The second-order valence-electron chi connectivity index (χ2n) is 19.6. The lowest BCUT2D eigenvalue weighted by atomic mass is 9.53. The van der Waals surface area contributed by atoms with Crippen LogP contribution in [-0.4, -0.2) is 129 Å². The largest absolute Gasteiger partial charge is 0.504 e. The highest BCUT2D eigenvalue weighted by molar-refractivity contribution is 5.88. The van der Waals surface area contributed by atoms with E-state index in [1.807, 2.05) is 66.9 Å². The number of phenols is 1. The molecule has 4 aliphatic heterocycles. The van der Waals surface area contributed by atoms with Gasteiger partial charge in [-0.3, -0.25) is 4.98 Å². The molecule has 3 N–H and O–H groups in total. The van der Waals surface area contributed by atoms with Gasteiger partial charge in [0, 0.05) is 63.9 Å². The molecule has 1 aromatic heterocycles. The van der Waals surface area contributed by atoms with Crippen molar-refractivity contribution >= 4 is 10.8 Å². The highest BCUT2D eigenvalue weighted by Crippen LogP contribution is 2.64. The van der Waals surface area contributed by atoms with Crippen LogP contribution in [0.15, 0.2) is 91.2 Å². The number of piperidine rings is 2. The van der Waals surface area contributed by atoms with E-state index in [2.05, 4.69) is 47.1 Å². The van der Waals surface area contributed by atoms with Crippen molar-refractivity contribution < 1.29 is 48.5 Å². The number of aliphatic hydroxyl groups excluding tert-OH is 2. The first kappa shape index (κ1) is 44.5. The summed E-state index contributed by atoms with van der Waals surface area (Å²) in [6.07, 6.45) is 13.2. The van der Waals surface area contributed by atoms with Gasteiger partial charge in [-0.25, -0.2) is 0 Å². The van der Waals surface area contributed by atoms with E-state index >= 15 is 0 Å². The minimum Gasteiger partial charge on any atom is -0.504 e. The molecule has 5 heterocycles. The number of ether oxygens (including phenoxy) is 7. The Morgan fingerprint density at radius 3 is 1.75 bits per heavy atom. The Bertz CT molecular complexity index is 2850. The standard InChI is InChI=1S/C20H21NO4.C18H21NO3.C17H19NO3/c1-22-17-6-5-13(10-18(17)23-2)9-16-15-12-20(25-4)19(24-3)11-14(15)7-8-21-16;1-19-8-7-18-11-4-5-13(20)17(18)22-16-14(21-2)6-3-10(15(16)18)9-12(11)19;1-18-7-6-17-10-3-5-13(20)16(17)21-15-12(19)4-2-9(14(15)17)8-11(10)18/h5-8,10-12H,9H2,1-4H3;3-6,11-13,17,20H,7-9H2,1-2H3;2-5,10-11,13,16,19-20H,6-8H2,1H3. The molecule has 4 aromatic carbocycles. The molecule has 0 amide bonds. The van der Waals surface area contributed by atoms with Gasteiger partial charge in [-0.1, -0.05) is 42.5 Å². The van der Waals surface area contributed by atoms with Gasteiger partial charge in [-0.15, -0.1) is 0 Å². The number of likely N-dealkylation sites (N-methyl/N-ethyl adjacent to an activating group) is 2. The van der Waals surface area contributed by atoms with Crippen LogP contribution < -0.4 is 33.2 Å². The zero-order valence-corrected chi connectivity index (χ0v) is 39.8. The van der Waals surface area contributed by atoms with E-state index in [1.165, 1.54) is 22.3 Å². The van der Waals surface area contributed by atoms with Crippen LogP contribution in [0.5, 0.6) is 46.0 Å². The third kappa shape index (κ3) is 6.52. The van der Waals surface area contributed by atoms with Crippen molar-refractivity contribution in [1.29, 1.82) is 0 Å². The molecule has 10 unspecified atom stereocenters. The molecule has 5 aromatic rings. The topological polar surface area (TPSA) is 145 Å². The smallest absolute Gasteiger partial charge is 0.165 e. The monoisotopic (exact) mass is 923 g/mol. The van der Waals surface area contributed by atoms with Crippen molar-refractivity contribution in [2.24, 2.45) is 11.8 Å². The summed E-state index contributed by atoms with van der Waals surface area (Å²) in [6, 6.07) is 20.7. The second-order valence-corrected chi connectivity index (χ2v) is 19.6. The van der Waals surface area contributed by atoms with Crippen molar-refractivity contribution in [1.82, 2.24) is 14.8 Å². The molecular weight excluding hydrogens is 863 g/mol. The van der Waals surface area contributed by atoms with Crippen molar-refractivity contribution in [3.63, 3.8) is 0 Å². The number of aromatic hydroxyl groups is 1. The summed E-state index contributed by atoms with van der Waals surface area (Å²) >= 11 is 0. The highest BCUT2D eigenvalue weighted by atomic mass is 16.5. The van der Waals surface area contributed by atoms with E-state index < -0.39 is 12.2 Å². The maximum absolute atomic E-state index is 10.6. The molecule has 13 heteroatoms. The molecule has 4 bridgehead atoms. The Balaban J connectivity index is 0.000000112. The van der Waals surface area contributed by atoms with Crippen LogP contribution in [0, 0.1) is 11.8 Å². The van der Waals surface area contributed by atoms with E-state index in [0.717, 1.165) is 72.3 Å². The molecule has 0 saturated carbocycles. The highest BCUT2D eigenvalue weighted by Gasteiger charge is 2.65. The van der Waals surface area contributed by atoms with Gasteiger partial charge in [0.1, 0.15) is 24.4 Å². The second kappa shape index (κ2) is 16.9. The van der Waals surface area contributed by atoms with Gasteiger partial charge in [-0.05, 0) is 117 Å². The Hall–Kier alpha value is -5.99. The normalized spacial score (nSPS) is 30.3. The zero-order chi connectivity index (χ0) is 47.2. The van der Waals surface area contributed by atoms with Crippen LogP contribution in [0.1, 0.15) is 46.4 Å². The van der Waals surface area contributed by atoms with Crippen molar-refractivity contribution in [3.05, 3.63) is 125 Å². The summed E-state index contributed by atoms with van der Waals surface area (Å²) in [5.41, 5.74) is 6.95. The fourth-order valence-corrected chi connectivity index (χ4v) is 13.5. The number of pyridine rings is 1. The molecule has 2 fully saturated rings. The molecular formula is C55H61N3O10. The summed E-state index contributed by atoms with van der Waals surface area (Å²) in [4.78, 5) is 9.47. The van der Waals surface area contributed by atoms with Crippen LogP contribution in [0.4, 0.5) is 0 Å². The number of aromatic nitrogens is 1. The lowest BCUT2D eigenvalue weighted by molar-refractivity contribution is -0.0453. The third-order valence-corrected chi connectivity index (χ3v) is 16.7. The number of methoxy groups -OCH3 is 5. The predicted molar refractivity (Wildman–Crippen MR) is 257 cm³/mol. The summed E-state index contributed by atoms with van der Waals surface area (Å²) in [5.74, 6) is 6.10. The van der Waals surface area contributed by atoms with E-state index in [4.69, 9.17) is 33.2 Å². The number of hydrogen-bond donors (Lipinski definition) is 3. The first-order valence-electron chi connectivity index (χ1n) is 23.7. The SMILES string of the molecule is CN1CCC23c4c5ccc(O)c4OC2C(O)C=CC3C1C5.COc1ccc(Cc2nccc3cc(OC)c(OC)cc23)cc1OC.COc1ccc2c3c1OC1C(O)C=CC4C(C2)N(C)CCC341. The van der Waals surface area contributed by atoms with Crippen molar-refractivity contribution in [2.75, 3.05) is 62.7 Å². The molecule has 356 valence electrons. The molecule has 2 spiro atoms. The van der Waals surface area contributed by atoms with Gasteiger partial charge in [-0.2, -0.15) is 0 Å². The van der Waals surface area contributed by atoms with Crippen LogP contribution in [-0.2, 0) is 30.1 Å². The lowest BCUT2D eigenvalue weighted by Gasteiger charge is -2.56. The number of aliphatic hydroxyl groups is 2. The maximum Gasteiger partial charge on any atom is 0.165 e. The minimum absolute atomic E-state index is 0.0806. The minimum atomic E-state index is -0.594. The Morgan fingerprint density at radius 1 is 0.618 bits per heavy atom. The molecule has 13 nitrogen and oxygen atoms in total. The Labute approximate surface area is 397 Å². The number of fused-ring (bicyclic) bond motifs is 1.